The molecule has 2 rings (SSSR count). The van der Waals surface area contributed by atoms with E-state index in [2.05, 4.69) is 5.32 Å². The number of thioether (sulfide) groups is 1. The summed E-state index contributed by atoms with van der Waals surface area (Å²) in [6.45, 7) is 1.16. The molecule has 0 amide bonds. The Bertz CT molecular complexity index is 337. The number of hydrogen-bond donors (Lipinski definition) is 1. The quantitative estimate of drug-likeness (QED) is 0.831. The normalized spacial score (nSPS) is 20.8. The molecule has 82 valence electrons. The zero-order valence-electron chi connectivity index (χ0n) is 8.30. The van der Waals surface area contributed by atoms with Gasteiger partial charge in [0.2, 0.25) is 0 Å². The average Bonchev–Trinajstić information content (AvgIpc) is 2.73. The van der Waals surface area contributed by atoms with Crippen LogP contribution >= 0.6 is 35.0 Å². The molecule has 1 heterocycles. The summed E-state index contributed by atoms with van der Waals surface area (Å²) in [5, 5.41) is 4.74. The van der Waals surface area contributed by atoms with Crippen molar-refractivity contribution in [1.82, 2.24) is 5.32 Å². The monoisotopic (exact) mass is 261 g/mol. The van der Waals surface area contributed by atoms with Crippen molar-refractivity contribution >= 4 is 35.0 Å². The van der Waals surface area contributed by atoms with Crippen LogP contribution in [0.3, 0.4) is 0 Å². The molecule has 0 unspecified atom stereocenters. The molecular weight excluding hydrogens is 249 g/mol. The maximum Gasteiger partial charge on any atom is 0.0603 e. The minimum atomic E-state index is 0.625. The third-order valence-corrected chi connectivity index (χ3v) is 4.40. The maximum absolute atomic E-state index is 5.95. The van der Waals surface area contributed by atoms with Crippen molar-refractivity contribution in [3.63, 3.8) is 0 Å². The van der Waals surface area contributed by atoms with E-state index in [-0.39, 0.29) is 0 Å². The summed E-state index contributed by atoms with van der Waals surface area (Å²) < 4.78 is 0. The second-order valence-corrected chi connectivity index (χ2v) is 5.59. The Labute approximate surface area is 105 Å². The Morgan fingerprint density at radius 1 is 1.33 bits per heavy atom. The standard InChI is InChI=1S/C11H13Cl2NS/c12-10-4-3-9(6-11(10)13)15-7-8-2-1-5-14-8/h3-4,6,8,14H,1-2,5,7H2/t8-/m0/s1. The Morgan fingerprint density at radius 2 is 2.20 bits per heavy atom. The van der Waals surface area contributed by atoms with Crippen LogP contribution < -0.4 is 5.32 Å². The zero-order chi connectivity index (χ0) is 10.7. The molecule has 1 aromatic rings. The number of rotatable bonds is 3. The molecule has 1 N–H and O–H groups in total. The fraction of sp³-hybridized carbons (Fsp3) is 0.455. The van der Waals surface area contributed by atoms with E-state index >= 15 is 0 Å². The van der Waals surface area contributed by atoms with Crippen LogP contribution in [0.1, 0.15) is 12.8 Å². The number of halogens is 2. The summed E-state index contributed by atoms with van der Waals surface area (Å²) >= 11 is 13.6. The number of hydrogen-bond acceptors (Lipinski definition) is 2. The molecule has 1 fully saturated rings. The average molecular weight is 262 g/mol. The highest BCUT2D eigenvalue weighted by Crippen LogP contribution is 2.28. The van der Waals surface area contributed by atoms with Gasteiger partial charge in [0.15, 0.2) is 0 Å². The molecule has 1 aliphatic rings. The molecule has 0 spiro atoms. The van der Waals surface area contributed by atoms with Crippen molar-refractivity contribution < 1.29 is 0 Å². The smallest absolute Gasteiger partial charge is 0.0603 e. The van der Waals surface area contributed by atoms with Gasteiger partial charge in [-0.15, -0.1) is 11.8 Å². The largest absolute Gasteiger partial charge is 0.313 e. The Hall–Kier alpha value is 0.110. The van der Waals surface area contributed by atoms with Crippen LogP contribution in [0.25, 0.3) is 0 Å². The van der Waals surface area contributed by atoms with Crippen molar-refractivity contribution in [3.05, 3.63) is 28.2 Å². The van der Waals surface area contributed by atoms with Gasteiger partial charge in [-0.1, -0.05) is 23.2 Å². The molecule has 1 saturated heterocycles. The molecule has 0 aromatic heterocycles. The van der Waals surface area contributed by atoms with Crippen LogP contribution in [0.5, 0.6) is 0 Å². The number of nitrogens with one attached hydrogen (secondary N) is 1. The minimum absolute atomic E-state index is 0.625. The van der Waals surface area contributed by atoms with E-state index in [9.17, 15) is 0 Å². The predicted molar refractivity (Wildman–Crippen MR) is 68.2 cm³/mol. The van der Waals surface area contributed by atoms with Crippen LogP contribution in [0.4, 0.5) is 0 Å². The summed E-state index contributed by atoms with van der Waals surface area (Å²) in [6, 6.07) is 6.47. The first-order chi connectivity index (χ1) is 7.25. The van der Waals surface area contributed by atoms with Gasteiger partial charge in [0.25, 0.3) is 0 Å². The minimum Gasteiger partial charge on any atom is -0.313 e. The van der Waals surface area contributed by atoms with Crippen LogP contribution in [-0.4, -0.2) is 18.3 Å². The predicted octanol–water partition coefficient (Wildman–Crippen LogP) is 3.84. The van der Waals surface area contributed by atoms with Crippen LogP contribution in [-0.2, 0) is 0 Å². The van der Waals surface area contributed by atoms with E-state index < -0.39 is 0 Å². The summed E-state index contributed by atoms with van der Waals surface area (Å²) in [5.41, 5.74) is 0. The Balaban J connectivity index is 1.90. The van der Waals surface area contributed by atoms with Crippen molar-refractivity contribution in [2.24, 2.45) is 0 Å². The highest BCUT2D eigenvalue weighted by Gasteiger charge is 2.13. The van der Waals surface area contributed by atoms with Gasteiger partial charge in [-0.3, -0.25) is 0 Å². The van der Waals surface area contributed by atoms with E-state index in [0.717, 1.165) is 12.3 Å². The summed E-state index contributed by atoms with van der Waals surface area (Å²) in [7, 11) is 0. The Kier molecular flexibility index (Phi) is 4.21. The van der Waals surface area contributed by atoms with Crippen molar-refractivity contribution in [2.45, 2.75) is 23.8 Å². The van der Waals surface area contributed by atoms with E-state index in [1.807, 2.05) is 30.0 Å². The first kappa shape index (κ1) is 11.6. The van der Waals surface area contributed by atoms with E-state index in [4.69, 9.17) is 23.2 Å². The SMILES string of the molecule is Clc1ccc(SC[C@@H]2CCCN2)cc1Cl. The lowest BCUT2D eigenvalue weighted by molar-refractivity contribution is 0.674. The van der Waals surface area contributed by atoms with Crippen LogP contribution in [0.15, 0.2) is 23.1 Å². The molecule has 0 saturated carbocycles. The fourth-order valence-corrected chi connectivity index (χ4v) is 3.07. The van der Waals surface area contributed by atoms with Gasteiger partial charge in [-0.25, -0.2) is 0 Å². The first-order valence-corrected chi connectivity index (χ1v) is 6.81. The van der Waals surface area contributed by atoms with Crippen molar-refractivity contribution in [3.8, 4) is 0 Å². The van der Waals surface area contributed by atoms with Crippen LogP contribution in [0.2, 0.25) is 10.0 Å². The van der Waals surface area contributed by atoms with Crippen molar-refractivity contribution in [2.75, 3.05) is 12.3 Å². The lowest BCUT2D eigenvalue weighted by atomic mass is 10.3. The van der Waals surface area contributed by atoms with Gasteiger partial charge in [0.05, 0.1) is 10.0 Å². The lowest BCUT2D eigenvalue weighted by Crippen LogP contribution is -2.23. The topological polar surface area (TPSA) is 12.0 Å². The van der Waals surface area contributed by atoms with Gasteiger partial charge < -0.3 is 5.32 Å². The highest BCUT2D eigenvalue weighted by molar-refractivity contribution is 7.99. The number of benzene rings is 1. The summed E-state index contributed by atoms with van der Waals surface area (Å²) in [5.74, 6) is 1.11. The van der Waals surface area contributed by atoms with E-state index in [0.29, 0.717) is 16.1 Å². The Morgan fingerprint density at radius 3 is 2.87 bits per heavy atom. The molecule has 0 aliphatic carbocycles. The second kappa shape index (κ2) is 5.44. The van der Waals surface area contributed by atoms with E-state index in [1.165, 1.54) is 17.7 Å². The molecule has 4 heteroatoms. The molecule has 1 aromatic carbocycles. The van der Waals surface area contributed by atoms with Gasteiger partial charge in [0, 0.05) is 16.7 Å². The highest BCUT2D eigenvalue weighted by atomic mass is 35.5. The van der Waals surface area contributed by atoms with Gasteiger partial charge in [0.1, 0.15) is 0 Å². The van der Waals surface area contributed by atoms with E-state index in [1.54, 1.807) is 0 Å². The van der Waals surface area contributed by atoms with Gasteiger partial charge in [-0.2, -0.15) is 0 Å². The maximum atomic E-state index is 5.95. The van der Waals surface area contributed by atoms with Gasteiger partial charge >= 0.3 is 0 Å². The van der Waals surface area contributed by atoms with Crippen molar-refractivity contribution in [1.29, 1.82) is 0 Å². The first-order valence-electron chi connectivity index (χ1n) is 5.07. The summed E-state index contributed by atoms with van der Waals surface area (Å²) in [4.78, 5) is 1.19. The molecule has 15 heavy (non-hydrogen) atoms. The lowest BCUT2D eigenvalue weighted by Gasteiger charge is -2.09. The van der Waals surface area contributed by atoms with Gasteiger partial charge in [-0.05, 0) is 37.6 Å². The zero-order valence-corrected chi connectivity index (χ0v) is 10.6. The second-order valence-electron chi connectivity index (χ2n) is 3.68. The molecule has 0 radical (unpaired) electrons. The summed E-state index contributed by atoms with van der Waals surface area (Å²) in [6.07, 6.45) is 2.58. The fourth-order valence-electron chi connectivity index (χ4n) is 1.66. The molecule has 0 bridgehead atoms. The molecular formula is C11H13Cl2NS. The third kappa shape index (κ3) is 3.28. The third-order valence-electron chi connectivity index (χ3n) is 2.50. The molecule has 1 atom stereocenters. The molecule has 1 aliphatic heterocycles. The van der Waals surface area contributed by atoms with Crippen LogP contribution in [0, 0.1) is 0 Å². The molecule has 1 nitrogen and oxygen atoms in total.